The lowest BCUT2D eigenvalue weighted by molar-refractivity contribution is 0.0697. The highest BCUT2D eigenvalue weighted by Crippen LogP contribution is 2.24. The van der Waals surface area contributed by atoms with Crippen LogP contribution in [0.2, 0.25) is 0 Å². The average Bonchev–Trinajstić information content (AvgIpc) is 3.09. The molecule has 1 aromatic heterocycles. The third kappa shape index (κ3) is 5.75. The van der Waals surface area contributed by atoms with Gasteiger partial charge in [0.1, 0.15) is 5.82 Å². The molecule has 6 heteroatoms. The molecule has 0 spiro atoms. The monoisotopic (exact) mass is 435 g/mol. The zero-order valence-corrected chi connectivity index (χ0v) is 19.1. The molecule has 1 N–H and O–H groups in total. The number of carboxylic acids is 1. The van der Waals surface area contributed by atoms with Gasteiger partial charge < -0.3 is 5.11 Å². The van der Waals surface area contributed by atoms with E-state index in [4.69, 9.17) is 0 Å². The number of rotatable bonds is 12. The smallest absolute Gasteiger partial charge is 0.346 e. The van der Waals surface area contributed by atoms with Crippen LogP contribution in [0, 0.1) is 0 Å². The fourth-order valence-corrected chi connectivity index (χ4v) is 3.96. The number of hydrogen-bond acceptors (Lipinski definition) is 3. The number of carboxylic acid groups (broad SMARTS) is 1. The van der Waals surface area contributed by atoms with E-state index in [0.29, 0.717) is 18.7 Å². The van der Waals surface area contributed by atoms with Crippen LogP contribution in [0.5, 0.6) is 0 Å². The highest BCUT2D eigenvalue weighted by atomic mass is 16.4. The standard InChI is InChI=1S/C26H33N3O3/c1-3-5-6-7-10-18-29-26(32)28(24(27-29)11-4-2)19-20-14-16-21(17-15-20)22-12-8-9-13-23(22)25(30)31/h8-9,12-17H,3-7,10-11,18-19H2,1-2H3,(H,30,31). The SMILES string of the molecule is CCCCCCCn1nc(CCC)n(Cc2ccc(-c3ccccc3C(=O)O)cc2)c1=O. The topological polar surface area (TPSA) is 77.1 Å². The fraction of sp³-hybridized carbons (Fsp3) is 0.423. The predicted octanol–water partition coefficient (Wildman–Crippen LogP) is 5.38. The van der Waals surface area contributed by atoms with Crippen molar-refractivity contribution in [3.63, 3.8) is 0 Å². The number of benzene rings is 2. The molecule has 3 rings (SSSR count). The number of hydrogen-bond donors (Lipinski definition) is 1. The van der Waals surface area contributed by atoms with E-state index >= 15 is 0 Å². The molecule has 0 saturated carbocycles. The molecule has 0 amide bonds. The van der Waals surface area contributed by atoms with Crippen LogP contribution in [0.15, 0.2) is 53.3 Å². The average molecular weight is 436 g/mol. The maximum Gasteiger partial charge on any atom is 0.346 e. The van der Waals surface area contributed by atoms with Crippen LogP contribution < -0.4 is 5.69 Å². The highest BCUT2D eigenvalue weighted by molar-refractivity contribution is 5.95. The summed E-state index contributed by atoms with van der Waals surface area (Å²) in [6.45, 7) is 5.41. The zero-order chi connectivity index (χ0) is 22.9. The van der Waals surface area contributed by atoms with E-state index in [1.54, 1.807) is 21.4 Å². The van der Waals surface area contributed by atoms with Gasteiger partial charge in [0.2, 0.25) is 0 Å². The molecule has 2 aromatic carbocycles. The first kappa shape index (κ1) is 23.5. The van der Waals surface area contributed by atoms with Crippen molar-refractivity contribution in [2.24, 2.45) is 0 Å². The fourth-order valence-electron chi connectivity index (χ4n) is 3.96. The Balaban J connectivity index is 1.78. The van der Waals surface area contributed by atoms with E-state index in [9.17, 15) is 14.7 Å². The van der Waals surface area contributed by atoms with E-state index in [1.807, 2.05) is 36.4 Å². The third-order valence-electron chi connectivity index (χ3n) is 5.71. The summed E-state index contributed by atoms with van der Waals surface area (Å²) >= 11 is 0. The lowest BCUT2D eigenvalue weighted by atomic mass is 9.99. The number of carbonyl (C=O) groups is 1. The van der Waals surface area contributed by atoms with Crippen LogP contribution in [0.4, 0.5) is 0 Å². The summed E-state index contributed by atoms with van der Waals surface area (Å²) < 4.78 is 3.39. The lowest BCUT2D eigenvalue weighted by Gasteiger charge is -2.09. The Morgan fingerprint density at radius 3 is 2.34 bits per heavy atom. The van der Waals surface area contributed by atoms with Gasteiger partial charge in [0, 0.05) is 13.0 Å². The molecule has 0 bridgehead atoms. The Morgan fingerprint density at radius 1 is 0.938 bits per heavy atom. The molecule has 0 atom stereocenters. The lowest BCUT2D eigenvalue weighted by Crippen LogP contribution is -2.26. The van der Waals surface area contributed by atoms with Gasteiger partial charge in [-0.1, -0.05) is 82.0 Å². The summed E-state index contributed by atoms with van der Waals surface area (Å²) in [4.78, 5) is 24.5. The number of unbranched alkanes of at least 4 members (excludes halogenated alkanes) is 4. The van der Waals surface area contributed by atoms with Gasteiger partial charge in [-0.05, 0) is 35.6 Å². The second-order valence-electron chi connectivity index (χ2n) is 8.22. The van der Waals surface area contributed by atoms with E-state index in [1.165, 1.54) is 19.3 Å². The van der Waals surface area contributed by atoms with Crippen LogP contribution >= 0.6 is 0 Å². The Hall–Kier alpha value is -3.15. The minimum atomic E-state index is -0.942. The van der Waals surface area contributed by atoms with Crippen molar-refractivity contribution >= 4 is 5.97 Å². The first-order chi connectivity index (χ1) is 15.5. The summed E-state index contributed by atoms with van der Waals surface area (Å²) in [5.74, 6) is -0.117. The Labute approximate surface area is 189 Å². The van der Waals surface area contributed by atoms with E-state index in [0.717, 1.165) is 42.6 Å². The Bertz CT molecular complexity index is 1080. The van der Waals surface area contributed by atoms with Crippen LogP contribution in [0.25, 0.3) is 11.1 Å². The molecule has 170 valence electrons. The van der Waals surface area contributed by atoms with Crippen molar-refractivity contribution < 1.29 is 9.90 Å². The maximum absolute atomic E-state index is 13.0. The van der Waals surface area contributed by atoms with Crippen molar-refractivity contribution in [1.29, 1.82) is 0 Å². The van der Waals surface area contributed by atoms with Gasteiger partial charge in [0.05, 0.1) is 12.1 Å². The van der Waals surface area contributed by atoms with Gasteiger partial charge in [0.25, 0.3) is 0 Å². The molecule has 0 saturated heterocycles. The summed E-state index contributed by atoms with van der Waals surface area (Å²) in [6.07, 6.45) is 7.42. The normalized spacial score (nSPS) is 11.1. The highest BCUT2D eigenvalue weighted by Gasteiger charge is 2.14. The largest absolute Gasteiger partial charge is 0.478 e. The molecule has 32 heavy (non-hydrogen) atoms. The van der Waals surface area contributed by atoms with Gasteiger partial charge in [0.15, 0.2) is 0 Å². The molecule has 0 unspecified atom stereocenters. The first-order valence-electron chi connectivity index (χ1n) is 11.6. The second-order valence-corrected chi connectivity index (χ2v) is 8.22. The Kier molecular flexibility index (Phi) is 8.42. The van der Waals surface area contributed by atoms with Crippen molar-refractivity contribution in [2.75, 3.05) is 0 Å². The number of nitrogens with zero attached hydrogens (tertiary/aromatic N) is 3. The maximum atomic E-state index is 13.0. The molecule has 0 radical (unpaired) electrons. The van der Waals surface area contributed by atoms with Crippen LogP contribution in [0.3, 0.4) is 0 Å². The molecule has 1 heterocycles. The van der Waals surface area contributed by atoms with Crippen molar-refractivity contribution in [1.82, 2.24) is 14.3 Å². The number of aromatic nitrogens is 3. The molecule has 0 fully saturated rings. The number of aromatic carboxylic acids is 1. The molecular weight excluding hydrogens is 402 g/mol. The van der Waals surface area contributed by atoms with Crippen molar-refractivity contribution in [3.8, 4) is 11.1 Å². The van der Waals surface area contributed by atoms with Crippen LogP contribution in [-0.4, -0.2) is 25.4 Å². The molecule has 3 aromatic rings. The molecule has 0 aliphatic heterocycles. The van der Waals surface area contributed by atoms with Crippen LogP contribution in [-0.2, 0) is 19.5 Å². The summed E-state index contributed by atoms with van der Waals surface area (Å²) in [7, 11) is 0. The van der Waals surface area contributed by atoms with Gasteiger partial charge in [-0.15, -0.1) is 0 Å². The van der Waals surface area contributed by atoms with Crippen molar-refractivity contribution in [3.05, 3.63) is 76.0 Å². The van der Waals surface area contributed by atoms with Gasteiger partial charge in [-0.2, -0.15) is 5.10 Å². The molecule has 6 nitrogen and oxygen atoms in total. The third-order valence-corrected chi connectivity index (χ3v) is 5.71. The summed E-state index contributed by atoms with van der Waals surface area (Å²) in [5, 5.41) is 14.1. The Morgan fingerprint density at radius 2 is 1.66 bits per heavy atom. The number of aryl methyl sites for hydroxylation is 2. The van der Waals surface area contributed by atoms with E-state index in [2.05, 4.69) is 18.9 Å². The summed E-state index contributed by atoms with van der Waals surface area (Å²) in [6, 6.07) is 14.7. The van der Waals surface area contributed by atoms with Gasteiger partial charge in [-0.3, -0.25) is 4.57 Å². The van der Waals surface area contributed by atoms with Gasteiger partial charge >= 0.3 is 11.7 Å². The quantitative estimate of drug-likeness (QED) is 0.387. The van der Waals surface area contributed by atoms with E-state index < -0.39 is 5.97 Å². The second kappa shape index (κ2) is 11.5. The summed E-state index contributed by atoms with van der Waals surface area (Å²) in [5.41, 5.74) is 2.75. The van der Waals surface area contributed by atoms with Crippen molar-refractivity contribution in [2.45, 2.75) is 71.9 Å². The minimum Gasteiger partial charge on any atom is -0.478 e. The van der Waals surface area contributed by atoms with E-state index in [-0.39, 0.29) is 11.3 Å². The molecule has 0 aliphatic rings. The zero-order valence-electron chi connectivity index (χ0n) is 19.1. The molecule has 0 aliphatic carbocycles. The molecular formula is C26H33N3O3. The van der Waals surface area contributed by atoms with Gasteiger partial charge in [-0.25, -0.2) is 14.3 Å². The first-order valence-corrected chi connectivity index (χ1v) is 11.6. The predicted molar refractivity (Wildman–Crippen MR) is 127 cm³/mol. The van der Waals surface area contributed by atoms with Crippen LogP contribution in [0.1, 0.15) is 74.1 Å². The minimum absolute atomic E-state index is 0.0516.